The minimum absolute atomic E-state index is 0.00500. The zero-order chi connectivity index (χ0) is 30.2. The molecule has 0 aromatic heterocycles. The molecule has 3 rings (SSSR count). The SMILES string of the molecule is CC(N)CCC(O)CC1CCC(C(=O)NC(C=O)CCC(N)=O)N1C=O.CNC(c1ccccc1)c1ccccc1. The van der Waals surface area contributed by atoms with Gasteiger partial charge in [0, 0.05) is 18.5 Å². The smallest absolute Gasteiger partial charge is 0.243 e. The van der Waals surface area contributed by atoms with E-state index < -0.39 is 30.0 Å². The molecule has 5 unspecified atom stereocenters. The molecule has 5 atom stereocenters. The zero-order valence-electron chi connectivity index (χ0n) is 24.0. The van der Waals surface area contributed by atoms with Crippen LogP contribution in [0.5, 0.6) is 0 Å². The van der Waals surface area contributed by atoms with Crippen LogP contribution in [0.2, 0.25) is 0 Å². The molecule has 1 fully saturated rings. The van der Waals surface area contributed by atoms with E-state index in [2.05, 4.69) is 59.2 Å². The molecule has 1 saturated heterocycles. The van der Waals surface area contributed by atoms with Crippen LogP contribution in [0.15, 0.2) is 60.7 Å². The number of benzene rings is 2. The Morgan fingerprint density at radius 3 is 2.05 bits per heavy atom. The molecule has 0 bridgehead atoms. The lowest BCUT2D eigenvalue weighted by Crippen LogP contribution is -2.49. The lowest BCUT2D eigenvalue weighted by atomic mass is 9.99. The number of rotatable bonds is 15. The number of hydrogen-bond acceptors (Lipinski definition) is 7. The van der Waals surface area contributed by atoms with Gasteiger partial charge in [-0.3, -0.25) is 14.4 Å². The van der Waals surface area contributed by atoms with Crippen molar-refractivity contribution in [3.05, 3.63) is 71.8 Å². The van der Waals surface area contributed by atoms with Gasteiger partial charge in [-0.2, -0.15) is 0 Å². The molecule has 0 radical (unpaired) electrons. The zero-order valence-corrected chi connectivity index (χ0v) is 24.0. The first-order valence-electron chi connectivity index (χ1n) is 14.2. The monoisotopic (exact) mass is 567 g/mol. The molecule has 10 nitrogen and oxygen atoms in total. The second-order valence-electron chi connectivity index (χ2n) is 10.5. The van der Waals surface area contributed by atoms with Gasteiger partial charge in [0.15, 0.2) is 0 Å². The molecular formula is C31H45N5O5. The van der Waals surface area contributed by atoms with E-state index in [0.717, 1.165) is 0 Å². The van der Waals surface area contributed by atoms with Crippen molar-refractivity contribution < 1.29 is 24.3 Å². The number of carbonyl (C=O) groups excluding carboxylic acids is 4. The van der Waals surface area contributed by atoms with E-state index in [0.29, 0.717) is 44.8 Å². The molecule has 224 valence electrons. The molecule has 41 heavy (non-hydrogen) atoms. The van der Waals surface area contributed by atoms with Gasteiger partial charge in [-0.15, -0.1) is 0 Å². The van der Waals surface area contributed by atoms with Crippen LogP contribution in [0.25, 0.3) is 0 Å². The van der Waals surface area contributed by atoms with Crippen molar-refractivity contribution in [1.29, 1.82) is 0 Å². The number of nitrogens with zero attached hydrogens (tertiary/aromatic N) is 1. The van der Waals surface area contributed by atoms with Crippen molar-refractivity contribution in [2.24, 2.45) is 11.5 Å². The van der Waals surface area contributed by atoms with Gasteiger partial charge in [0.1, 0.15) is 12.3 Å². The lowest BCUT2D eigenvalue weighted by Gasteiger charge is -2.28. The van der Waals surface area contributed by atoms with E-state index in [1.54, 1.807) is 0 Å². The average Bonchev–Trinajstić information content (AvgIpc) is 3.38. The summed E-state index contributed by atoms with van der Waals surface area (Å²) in [6.07, 6.45) is 3.34. The predicted molar refractivity (Wildman–Crippen MR) is 158 cm³/mol. The Morgan fingerprint density at radius 1 is 1.00 bits per heavy atom. The summed E-state index contributed by atoms with van der Waals surface area (Å²) in [5, 5.41) is 16.0. The molecule has 3 amide bonds. The van der Waals surface area contributed by atoms with Crippen LogP contribution in [-0.4, -0.2) is 71.8 Å². The second-order valence-corrected chi connectivity index (χ2v) is 10.5. The molecule has 2 aromatic carbocycles. The minimum Gasteiger partial charge on any atom is -0.393 e. The van der Waals surface area contributed by atoms with Crippen LogP contribution >= 0.6 is 0 Å². The van der Waals surface area contributed by atoms with Crippen molar-refractivity contribution in [1.82, 2.24) is 15.5 Å². The van der Waals surface area contributed by atoms with Gasteiger partial charge >= 0.3 is 0 Å². The maximum absolute atomic E-state index is 12.4. The van der Waals surface area contributed by atoms with E-state index >= 15 is 0 Å². The normalized spacial score (nSPS) is 18.5. The summed E-state index contributed by atoms with van der Waals surface area (Å²) in [4.78, 5) is 47.1. The minimum atomic E-state index is -0.820. The summed E-state index contributed by atoms with van der Waals surface area (Å²) in [5.74, 6) is -0.992. The lowest BCUT2D eigenvalue weighted by molar-refractivity contribution is -0.134. The van der Waals surface area contributed by atoms with Crippen LogP contribution in [0.1, 0.15) is 69.0 Å². The molecule has 0 saturated carbocycles. The number of amides is 3. The highest BCUT2D eigenvalue weighted by Gasteiger charge is 2.38. The van der Waals surface area contributed by atoms with E-state index in [1.807, 2.05) is 26.1 Å². The maximum atomic E-state index is 12.4. The first kappa shape index (κ1) is 33.6. The first-order valence-corrected chi connectivity index (χ1v) is 14.2. The molecule has 0 spiro atoms. The fraction of sp³-hybridized carbons (Fsp3) is 0.484. The van der Waals surface area contributed by atoms with E-state index in [4.69, 9.17) is 11.5 Å². The number of nitrogens with one attached hydrogen (secondary N) is 2. The number of aldehydes is 1. The Morgan fingerprint density at radius 2 is 1.59 bits per heavy atom. The Bertz CT molecular complexity index is 1030. The molecule has 2 aromatic rings. The maximum Gasteiger partial charge on any atom is 0.243 e. The Balaban J connectivity index is 0.000000329. The van der Waals surface area contributed by atoms with Crippen molar-refractivity contribution in [2.75, 3.05) is 7.05 Å². The number of primary amides is 1. The molecule has 10 heteroatoms. The second kappa shape index (κ2) is 18.0. The summed E-state index contributed by atoms with van der Waals surface area (Å²) >= 11 is 0. The summed E-state index contributed by atoms with van der Waals surface area (Å²) in [6, 6.07) is 19.5. The summed E-state index contributed by atoms with van der Waals surface area (Å²) in [6.45, 7) is 1.86. The van der Waals surface area contributed by atoms with Gasteiger partial charge in [0.2, 0.25) is 18.2 Å². The van der Waals surface area contributed by atoms with E-state index in [9.17, 15) is 24.3 Å². The first-order chi connectivity index (χ1) is 19.7. The van der Waals surface area contributed by atoms with Gasteiger partial charge < -0.3 is 36.9 Å². The van der Waals surface area contributed by atoms with Gasteiger partial charge in [0.05, 0.1) is 18.2 Å². The van der Waals surface area contributed by atoms with E-state index in [-0.39, 0.29) is 31.0 Å². The quantitative estimate of drug-likeness (QED) is 0.205. The number of nitrogens with two attached hydrogens (primary N) is 2. The Kier molecular flexibility index (Phi) is 14.7. The Labute approximate surface area is 242 Å². The molecule has 1 heterocycles. The van der Waals surface area contributed by atoms with Crippen LogP contribution < -0.4 is 22.1 Å². The highest BCUT2D eigenvalue weighted by atomic mass is 16.3. The highest BCUT2D eigenvalue weighted by molar-refractivity contribution is 5.86. The van der Waals surface area contributed by atoms with Crippen molar-refractivity contribution in [3.63, 3.8) is 0 Å². The van der Waals surface area contributed by atoms with Gasteiger partial charge in [0.25, 0.3) is 0 Å². The number of hydrogen-bond donors (Lipinski definition) is 5. The number of aliphatic hydroxyl groups is 1. The molecular weight excluding hydrogens is 522 g/mol. The third-order valence-corrected chi connectivity index (χ3v) is 7.23. The summed E-state index contributed by atoms with van der Waals surface area (Å²) in [7, 11) is 1.99. The summed E-state index contributed by atoms with van der Waals surface area (Å²) in [5.41, 5.74) is 13.3. The van der Waals surface area contributed by atoms with Crippen molar-refractivity contribution >= 4 is 24.5 Å². The number of aliphatic hydroxyl groups excluding tert-OH is 1. The van der Waals surface area contributed by atoms with Crippen LogP contribution in [0, 0.1) is 0 Å². The van der Waals surface area contributed by atoms with Crippen LogP contribution in [0.4, 0.5) is 0 Å². The van der Waals surface area contributed by atoms with Crippen LogP contribution in [-0.2, 0) is 19.2 Å². The van der Waals surface area contributed by atoms with Gasteiger partial charge in [-0.1, -0.05) is 60.7 Å². The number of likely N-dealkylation sites (tertiary alicyclic amines) is 1. The van der Waals surface area contributed by atoms with E-state index in [1.165, 1.54) is 16.0 Å². The topological polar surface area (TPSA) is 168 Å². The highest BCUT2D eigenvalue weighted by Crippen LogP contribution is 2.27. The third kappa shape index (κ3) is 11.4. The summed E-state index contributed by atoms with van der Waals surface area (Å²) < 4.78 is 0. The van der Waals surface area contributed by atoms with Crippen molar-refractivity contribution in [3.8, 4) is 0 Å². The molecule has 1 aliphatic heterocycles. The molecule has 1 aliphatic rings. The predicted octanol–water partition coefficient (Wildman–Crippen LogP) is 1.80. The fourth-order valence-electron chi connectivity index (χ4n) is 5.02. The van der Waals surface area contributed by atoms with Crippen LogP contribution in [0.3, 0.4) is 0 Å². The Hall–Kier alpha value is -3.60. The molecule has 0 aliphatic carbocycles. The van der Waals surface area contributed by atoms with Crippen molar-refractivity contribution in [2.45, 2.75) is 88.2 Å². The largest absolute Gasteiger partial charge is 0.393 e. The fourth-order valence-corrected chi connectivity index (χ4v) is 5.02. The third-order valence-electron chi connectivity index (χ3n) is 7.23. The standard InChI is InChI=1S/C17H30N4O5.C14H15N/c1-11(18)2-5-14(24)8-13-4-6-15(21(13)10-23)17(26)20-12(9-22)3-7-16(19)25;1-15-14(12-8-4-2-5-9-12)13-10-6-3-7-11-13/h9-15,24H,2-8,18H2,1H3,(H2,19,25)(H,20,26);2-11,14-15H,1H3. The molecule has 7 N–H and O–H groups in total. The van der Waals surface area contributed by atoms with Gasteiger partial charge in [-0.05, 0) is 63.6 Å². The van der Waals surface area contributed by atoms with Gasteiger partial charge in [-0.25, -0.2) is 0 Å². The number of carbonyl (C=O) groups is 4. The average molecular weight is 568 g/mol.